The Kier molecular flexibility index (Phi) is 3.09. The van der Waals surface area contributed by atoms with Gasteiger partial charge in [-0.1, -0.05) is 0 Å². The Hall–Kier alpha value is -2.83. The van der Waals surface area contributed by atoms with E-state index in [9.17, 15) is 0 Å². The van der Waals surface area contributed by atoms with Crippen molar-refractivity contribution in [3.63, 3.8) is 0 Å². The summed E-state index contributed by atoms with van der Waals surface area (Å²) >= 11 is 0. The lowest BCUT2D eigenvalue weighted by atomic mass is 10.1. The maximum atomic E-state index is 6.10. The van der Waals surface area contributed by atoms with Gasteiger partial charge in [0.15, 0.2) is 23.0 Å². The number of nitrogen functional groups attached to an aromatic ring is 1. The summed E-state index contributed by atoms with van der Waals surface area (Å²) in [5.74, 6) is 1.70. The van der Waals surface area contributed by atoms with E-state index < -0.39 is 0 Å². The van der Waals surface area contributed by atoms with E-state index in [1.807, 2.05) is 19.1 Å². The summed E-state index contributed by atoms with van der Waals surface area (Å²) < 4.78 is 12.2. The Bertz CT molecular complexity index is 812. The first-order valence-electron chi connectivity index (χ1n) is 6.35. The summed E-state index contributed by atoms with van der Waals surface area (Å²) in [6.07, 6.45) is 0. The van der Waals surface area contributed by atoms with E-state index in [4.69, 9.17) is 15.2 Å². The van der Waals surface area contributed by atoms with Crippen molar-refractivity contribution in [2.45, 2.75) is 6.92 Å². The summed E-state index contributed by atoms with van der Waals surface area (Å²) in [6.45, 7) is 1.90. The molecule has 0 atom stereocenters. The lowest BCUT2D eigenvalue weighted by molar-refractivity contribution is 0.355. The van der Waals surface area contributed by atoms with Crippen molar-refractivity contribution >= 4 is 11.3 Å². The Balaban J connectivity index is 2.25. The van der Waals surface area contributed by atoms with Gasteiger partial charge in [-0.2, -0.15) is 9.61 Å². The van der Waals surface area contributed by atoms with Crippen LogP contribution in [-0.4, -0.2) is 34.0 Å². The normalized spacial score (nSPS) is 10.8. The molecule has 0 fully saturated rings. The molecule has 0 bridgehead atoms. The van der Waals surface area contributed by atoms with Gasteiger partial charge in [-0.05, 0) is 25.1 Å². The van der Waals surface area contributed by atoms with Crippen molar-refractivity contribution in [2.24, 2.45) is 0 Å². The molecular weight excluding hydrogens is 270 g/mol. The Morgan fingerprint density at radius 1 is 1.05 bits per heavy atom. The molecule has 0 aliphatic rings. The number of nitrogens with two attached hydrogens (primary N) is 1. The number of benzene rings is 1. The molecule has 2 heterocycles. The predicted octanol–water partition coefficient (Wildman–Crippen LogP) is 1.70. The Morgan fingerprint density at radius 3 is 2.48 bits per heavy atom. The molecule has 1 aromatic carbocycles. The zero-order valence-electron chi connectivity index (χ0n) is 12.0. The molecule has 3 aromatic rings. The molecule has 3 rings (SSSR count). The predicted molar refractivity (Wildman–Crippen MR) is 78.5 cm³/mol. The fraction of sp³-hybridized carbons (Fsp3) is 0.214. The number of methoxy groups -OCH3 is 2. The number of aryl methyl sites for hydroxylation is 1. The second-order valence-corrected chi connectivity index (χ2v) is 4.56. The van der Waals surface area contributed by atoms with Crippen molar-refractivity contribution in [2.75, 3.05) is 20.0 Å². The minimum Gasteiger partial charge on any atom is -0.493 e. The van der Waals surface area contributed by atoms with Gasteiger partial charge in [0, 0.05) is 17.3 Å². The molecule has 7 nitrogen and oxygen atoms in total. The van der Waals surface area contributed by atoms with Crippen LogP contribution in [-0.2, 0) is 0 Å². The molecule has 0 saturated heterocycles. The van der Waals surface area contributed by atoms with Gasteiger partial charge in [0.05, 0.1) is 19.9 Å². The highest BCUT2D eigenvalue weighted by Crippen LogP contribution is 2.36. The maximum Gasteiger partial charge on any atom is 0.187 e. The molecule has 2 N–H and O–H groups in total. The molecule has 0 unspecified atom stereocenters. The van der Waals surface area contributed by atoms with Crippen molar-refractivity contribution < 1.29 is 9.47 Å². The standard InChI is InChI=1S/C14H15N5O2/c1-8-4-5-13-16-17-14(19(13)18-8)9-6-11(20-2)12(21-3)7-10(9)15/h4-7H,15H2,1-3H3. The first-order chi connectivity index (χ1) is 10.1. The highest BCUT2D eigenvalue weighted by atomic mass is 16.5. The molecule has 0 radical (unpaired) electrons. The number of hydrogen-bond donors (Lipinski definition) is 1. The van der Waals surface area contributed by atoms with Crippen LogP contribution in [0.1, 0.15) is 5.69 Å². The third-order valence-electron chi connectivity index (χ3n) is 3.19. The quantitative estimate of drug-likeness (QED) is 0.737. The topological polar surface area (TPSA) is 87.6 Å². The molecular formula is C14H15N5O2. The monoisotopic (exact) mass is 285 g/mol. The van der Waals surface area contributed by atoms with Crippen LogP contribution in [0.2, 0.25) is 0 Å². The Morgan fingerprint density at radius 2 is 1.76 bits per heavy atom. The van der Waals surface area contributed by atoms with Gasteiger partial charge in [-0.25, -0.2) is 0 Å². The highest BCUT2D eigenvalue weighted by molar-refractivity contribution is 5.76. The number of ether oxygens (including phenoxy) is 2. The van der Waals surface area contributed by atoms with Crippen LogP contribution in [0, 0.1) is 6.92 Å². The summed E-state index contributed by atoms with van der Waals surface area (Å²) in [5.41, 5.74) is 8.83. The van der Waals surface area contributed by atoms with Gasteiger partial charge in [-0.3, -0.25) is 0 Å². The van der Waals surface area contributed by atoms with Gasteiger partial charge in [0.25, 0.3) is 0 Å². The van der Waals surface area contributed by atoms with Gasteiger partial charge in [0.2, 0.25) is 0 Å². The molecule has 21 heavy (non-hydrogen) atoms. The van der Waals surface area contributed by atoms with E-state index in [2.05, 4.69) is 15.3 Å². The molecule has 0 aliphatic carbocycles. The average molecular weight is 285 g/mol. The van der Waals surface area contributed by atoms with Crippen LogP contribution in [0.3, 0.4) is 0 Å². The third kappa shape index (κ3) is 2.12. The molecule has 0 spiro atoms. The van der Waals surface area contributed by atoms with E-state index in [0.717, 1.165) is 5.69 Å². The number of fused-ring (bicyclic) bond motifs is 1. The molecule has 0 amide bonds. The largest absolute Gasteiger partial charge is 0.493 e. The van der Waals surface area contributed by atoms with Crippen LogP contribution in [0.4, 0.5) is 5.69 Å². The Labute approximate surface area is 121 Å². The lowest BCUT2D eigenvalue weighted by Gasteiger charge is -2.11. The molecule has 0 aliphatic heterocycles. The first kappa shape index (κ1) is 13.2. The van der Waals surface area contributed by atoms with Gasteiger partial charge in [-0.15, -0.1) is 10.2 Å². The molecule has 0 saturated carbocycles. The van der Waals surface area contributed by atoms with Crippen LogP contribution in [0.5, 0.6) is 11.5 Å². The number of hydrogen-bond acceptors (Lipinski definition) is 6. The van der Waals surface area contributed by atoms with Gasteiger partial charge in [0.1, 0.15) is 0 Å². The van der Waals surface area contributed by atoms with E-state index in [1.165, 1.54) is 0 Å². The number of nitrogens with zero attached hydrogens (tertiary/aromatic N) is 4. The molecule has 108 valence electrons. The number of anilines is 1. The summed E-state index contributed by atoms with van der Waals surface area (Å²) in [6, 6.07) is 7.21. The van der Waals surface area contributed by atoms with E-state index in [-0.39, 0.29) is 0 Å². The average Bonchev–Trinajstić information content (AvgIpc) is 2.89. The number of rotatable bonds is 3. The summed E-state index contributed by atoms with van der Waals surface area (Å²) in [4.78, 5) is 0. The molecule has 7 heteroatoms. The van der Waals surface area contributed by atoms with Crippen LogP contribution in [0.15, 0.2) is 24.3 Å². The summed E-state index contributed by atoms with van der Waals surface area (Å²) in [7, 11) is 3.14. The summed E-state index contributed by atoms with van der Waals surface area (Å²) in [5, 5.41) is 12.7. The van der Waals surface area contributed by atoms with Crippen LogP contribution < -0.4 is 15.2 Å². The lowest BCUT2D eigenvalue weighted by Crippen LogP contribution is -2.01. The second kappa shape index (κ2) is 4.93. The number of aromatic nitrogens is 4. The first-order valence-corrected chi connectivity index (χ1v) is 6.35. The SMILES string of the molecule is COc1cc(N)c(-c2nnc3ccc(C)nn23)cc1OC. The van der Waals surface area contributed by atoms with E-state index >= 15 is 0 Å². The highest BCUT2D eigenvalue weighted by Gasteiger charge is 2.16. The van der Waals surface area contributed by atoms with Crippen molar-refractivity contribution in [1.82, 2.24) is 19.8 Å². The fourth-order valence-corrected chi connectivity index (χ4v) is 2.14. The minimum atomic E-state index is 0.519. The van der Waals surface area contributed by atoms with E-state index in [1.54, 1.807) is 30.9 Å². The zero-order valence-corrected chi connectivity index (χ0v) is 12.0. The van der Waals surface area contributed by atoms with Crippen molar-refractivity contribution in [3.8, 4) is 22.9 Å². The smallest absolute Gasteiger partial charge is 0.187 e. The molecule has 2 aromatic heterocycles. The minimum absolute atomic E-state index is 0.519. The maximum absolute atomic E-state index is 6.10. The fourth-order valence-electron chi connectivity index (χ4n) is 2.14. The van der Waals surface area contributed by atoms with Crippen molar-refractivity contribution in [3.05, 3.63) is 30.0 Å². The van der Waals surface area contributed by atoms with Crippen LogP contribution >= 0.6 is 0 Å². The second-order valence-electron chi connectivity index (χ2n) is 4.56. The van der Waals surface area contributed by atoms with Crippen molar-refractivity contribution in [1.29, 1.82) is 0 Å². The van der Waals surface area contributed by atoms with Crippen LogP contribution in [0.25, 0.3) is 17.0 Å². The zero-order chi connectivity index (χ0) is 15.0. The van der Waals surface area contributed by atoms with E-state index in [0.29, 0.717) is 34.2 Å². The third-order valence-corrected chi connectivity index (χ3v) is 3.19. The van der Waals surface area contributed by atoms with Gasteiger partial charge < -0.3 is 15.2 Å². The van der Waals surface area contributed by atoms with Gasteiger partial charge >= 0.3 is 0 Å².